The highest BCUT2D eigenvalue weighted by Crippen LogP contribution is 2.55. The molecule has 4 heterocycles. The topological polar surface area (TPSA) is 104 Å². The summed E-state index contributed by atoms with van der Waals surface area (Å²) in [5.74, 6) is -0.525. The molecule has 0 amide bonds. The van der Waals surface area contributed by atoms with E-state index in [2.05, 4.69) is 22.5 Å². The summed E-state index contributed by atoms with van der Waals surface area (Å²) in [6, 6.07) is 0.0993. The van der Waals surface area contributed by atoms with E-state index in [9.17, 15) is 15.3 Å². The molecule has 0 saturated carbocycles. The normalized spacial score (nSPS) is 32.2. The number of carboxylic acids is 1. The van der Waals surface area contributed by atoms with E-state index in [4.69, 9.17) is 4.74 Å². The van der Waals surface area contributed by atoms with Crippen LogP contribution in [-0.4, -0.2) is 103 Å². The van der Waals surface area contributed by atoms with Gasteiger partial charge in [-0.1, -0.05) is 13.0 Å². The van der Waals surface area contributed by atoms with Gasteiger partial charge in [0.15, 0.2) is 0 Å². The average molecular weight is 563 g/mol. The number of aliphatic carboxylic acids is 1. The van der Waals surface area contributed by atoms with Crippen LogP contribution in [-0.2, 0) is 9.53 Å². The first-order valence-corrected chi connectivity index (χ1v) is 14.6. The van der Waals surface area contributed by atoms with Crippen LogP contribution in [0.3, 0.4) is 0 Å². The molecule has 1 aliphatic carbocycles. The molecule has 3 unspecified atom stereocenters. The molecule has 5 rings (SSSR count). The van der Waals surface area contributed by atoms with Gasteiger partial charge in [-0.15, -0.1) is 0 Å². The van der Waals surface area contributed by atoms with E-state index < -0.39 is 17.8 Å². The van der Waals surface area contributed by atoms with Crippen molar-refractivity contribution in [2.24, 2.45) is 10.8 Å². The Kier molecular flexibility index (Phi) is 8.27. The van der Waals surface area contributed by atoms with Gasteiger partial charge in [0.2, 0.25) is 6.43 Å². The molecule has 11 heteroatoms. The van der Waals surface area contributed by atoms with Crippen LogP contribution < -0.4 is 10.6 Å². The van der Waals surface area contributed by atoms with Crippen molar-refractivity contribution in [1.29, 1.82) is 5.41 Å². The van der Waals surface area contributed by atoms with E-state index in [-0.39, 0.29) is 24.4 Å². The molecular weight excluding hydrogens is 518 g/mol. The van der Waals surface area contributed by atoms with Gasteiger partial charge >= 0.3 is 5.97 Å². The van der Waals surface area contributed by atoms with E-state index in [0.717, 1.165) is 68.7 Å². The minimum absolute atomic E-state index is 0.211. The van der Waals surface area contributed by atoms with Crippen molar-refractivity contribution < 1.29 is 23.4 Å². The van der Waals surface area contributed by atoms with Crippen LogP contribution in [0.2, 0.25) is 0 Å². The van der Waals surface area contributed by atoms with Gasteiger partial charge in [0, 0.05) is 87.8 Å². The summed E-state index contributed by atoms with van der Waals surface area (Å²) in [4.78, 5) is 13.4. The third-order valence-corrected chi connectivity index (χ3v) is 9.62. The Bertz CT molecular complexity index is 1100. The molecule has 0 aromatic rings. The molecule has 0 aromatic heterocycles. The van der Waals surface area contributed by atoms with E-state index in [1.807, 2.05) is 6.08 Å². The fraction of sp³-hybridized carbons (Fsp3) is 0.724. The van der Waals surface area contributed by atoms with Crippen molar-refractivity contribution in [3.63, 3.8) is 0 Å². The maximum atomic E-state index is 15.0. The minimum atomic E-state index is -2.60. The zero-order valence-corrected chi connectivity index (χ0v) is 23.9. The highest BCUT2D eigenvalue weighted by Gasteiger charge is 2.54. The van der Waals surface area contributed by atoms with Crippen molar-refractivity contribution in [2.75, 3.05) is 53.0 Å². The number of alkyl halides is 2. The fourth-order valence-corrected chi connectivity index (χ4v) is 7.21. The lowest BCUT2D eigenvalue weighted by molar-refractivity contribution is -0.140. The van der Waals surface area contributed by atoms with Crippen LogP contribution in [0.4, 0.5) is 8.78 Å². The number of nitrogens with zero attached hydrogens (tertiary/aromatic N) is 3. The van der Waals surface area contributed by atoms with Gasteiger partial charge in [-0.05, 0) is 50.2 Å². The standard InChI is InChI=1S/C29H44F2N6O3/c1-28-8-4-10-37(26(32)21-15-33-9-5-23(21)34-20-6-11-40-12-7-20)24(28)14-29(2,27(30)31)22(13-28)19-16-35(3)36(17-19)18-25(38)39/h13,17,20,24,27,32-34H,4-12,14-16,18H2,1-3H3,(H,38,39). The highest BCUT2D eigenvalue weighted by atomic mass is 19.3. The summed E-state index contributed by atoms with van der Waals surface area (Å²) in [6.45, 7) is 7.56. The van der Waals surface area contributed by atoms with Gasteiger partial charge in [-0.3, -0.25) is 10.2 Å². The second-order valence-corrected chi connectivity index (χ2v) is 12.5. The van der Waals surface area contributed by atoms with E-state index >= 15 is 8.78 Å². The maximum Gasteiger partial charge on any atom is 0.324 e. The fourth-order valence-electron chi connectivity index (χ4n) is 7.21. The van der Waals surface area contributed by atoms with Crippen LogP contribution in [0.15, 0.2) is 34.7 Å². The number of likely N-dealkylation sites (tertiary alicyclic amines) is 1. The molecule has 0 aromatic carbocycles. The lowest BCUT2D eigenvalue weighted by Gasteiger charge is -2.55. The van der Waals surface area contributed by atoms with Crippen LogP contribution in [0, 0.1) is 16.2 Å². The third kappa shape index (κ3) is 5.52. The Morgan fingerprint density at radius 3 is 2.77 bits per heavy atom. The first kappa shape index (κ1) is 29.0. The summed E-state index contributed by atoms with van der Waals surface area (Å²) in [5.41, 5.74) is 1.62. The number of ether oxygens (including phenoxy) is 1. The van der Waals surface area contributed by atoms with Crippen LogP contribution in [0.25, 0.3) is 0 Å². The monoisotopic (exact) mass is 562 g/mol. The average Bonchev–Trinajstić information content (AvgIpc) is 3.27. The number of hydrogen-bond acceptors (Lipinski definition) is 7. The molecule has 5 aliphatic rings. The quantitative estimate of drug-likeness (QED) is 0.277. The van der Waals surface area contributed by atoms with Crippen LogP contribution in [0.5, 0.6) is 0 Å². The highest BCUT2D eigenvalue weighted by molar-refractivity contribution is 5.97. The number of carbonyl (C=O) groups is 1. The molecule has 0 spiro atoms. The summed E-state index contributed by atoms with van der Waals surface area (Å²) >= 11 is 0. The molecule has 9 nitrogen and oxygen atoms in total. The molecule has 3 atom stereocenters. The number of carboxylic acid groups (broad SMARTS) is 1. The Balaban J connectivity index is 1.46. The molecule has 2 saturated heterocycles. The van der Waals surface area contributed by atoms with Crippen LogP contribution >= 0.6 is 0 Å². The number of nitrogens with one attached hydrogen (secondary N) is 3. The predicted octanol–water partition coefficient (Wildman–Crippen LogP) is 3.18. The zero-order valence-electron chi connectivity index (χ0n) is 23.9. The molecule has 40 heavy (non-hydrogen) atoms. The Hall–Kier alpha value is -2.50. The van der Waals surface area contributed by atoms with Crippen LogP contribution in [0.1, 0.15) is 52.4 Å². The number of piperidine rings is 1. The van der Waals surface area contributed by atoms with Gasteiger partial charge in [0.1, 0.15) is 12.4 Å². The summed E-state index contributed by atoms with van der Waals surface area (Å²) in [7, 11) is 1.78. The number of hydrazine groups is 1. The van der Waals surface area contributed by atoms with E-state index in [0.29, 0.717) is 37.1 Å². The molecule has 4 aliphatic heterocycles. The molecule has 222 valence electrons. The largest absolute Gasteiger partial charge is 0.480 e. The van der Waals surface area contributed by atoms with Crippen molar-refractivity contribution in [3.05, 3.63) is 34.7 Å². The maximum absolute atomic E-state index is 15.0. The SMILES string of the molecule is CN1CC(C2=CC3(C)CCCN(C(=N)C4=C(NC5CCOCC5)CCNC4)C3CC2(C)C(F)F)=CN1CC(=O)O. The Morgan fingerprint density at radius 2 is 2.08 bits per heavy atom. The van der Waals surface area contributed by atoms with Crippen molar-refractivity contribution in [3.8, 4) is 0 Å². The first-order valence-electron chi connectivity index (χ1n) is 14.6. The molecule has 0 radical (unpaired) electrons. The van der Waals surface area contributed by atoms with Gasteiger partial charge < -0.3 is 30.4 Å². The lowest BCUT2D eigenvalue weighted by Crippen LogP contribution is -2.58. The number of fused-ring (bicyclic) bond motifs is 1. The molecule has 0 bridgehead atoms. The first-order chi connectivity index (χ1) is 19.0. The number of rotatable bonds is 7. The van der Waals surface area contributed by atoms with Gasteiger partial charge in [-0.25, -0.2) is 13.8 Å². The molecule has 2 fully saturated rings. The second-order valence-electron chi connectivity index (χ2n) is 12.5. The number of likely N-dealkylation sites (N-methyl/N-ethyl adjacent to an activating group) is 1. The Labute approximate surface area is 235 Å². The van der Waals surface area contributed by atoms with E-state index in [1.54, 1.807) is 30.2 Å². The number of hydrogen-bond donors (Lipinski definition) is 4. The summed E-state index contributed by atoms with van der Waals surface area (Å²) in [5, 5.41) is 29.2. The van der Waals surface area contributed by atoms with Gasteiger partial charge in [0.05, 0.1) is 5.41 Å². The van der Waals surface area contributed by atoms with E-state index in [1.165, 1.54) is 0 Å². The third-order valence-electron chi connectivity index (χ3n) is 9.62. The summed E-state index contributed by atoms with van der Waals surface area (Å²) in [6.07, 6.45) is 5.84. The Morgan fingerprint density at radius 1 is 1.32 bits per heavy atom. The molecule has 4 N–H and O–H groups in total. The van der Waals surface area contributed by atoms with Gasteiger partial charge in [-0.2, -0.15) is 0 Å². The number of amidine groups is 1. The zero-order chi connectivity index (χ0) is 28.7. The summed E-state index contributed by atoms with van der Waals surface area (Å²) < 4.78 is 35.5. The van der Waals surface area contributed by atoms with Crippen molar-refractivity contribution in [2.45, 2.75) is 70.9 Å². The van der Waals surface area contributed by atoms with Crippen molar-refractivity contribution >= 4 is 11.8 Å². The smallest absolute Gasteiger partial charge is 0.324 e. The molecular formula is C29H44F2N6O3. The lowest BCUT2D eigenvalue weighted by atomic mass is 9.59. The predicted molar refractivity (Wildman–Crippen MR) is 149 cm³/mol. The second kappa shape index (κ2) is 11.4. The minimum Gasteiger partial charge on any atom is -0.480 e. The number of halogens is 2. The van der Waals surface area contributed by atoms with Crippen molar-refractivity contribution in [1.82, 2.24) is 25.6 Å². The van der Waals surface area contributed by atoms with Gasteiger partial charge in [0.25, 0.3) is 0 Å².